The van der Waals surface area contributed by atoms with E-state index in [0.717, 1.165) is 12.0 Å². The predicted octanol–water partition coefficient (Wildman–Crippen LogP) is 4.49. The number of rotatable bonds is 6. The van der Waals surface area contributed by atoms with Crippen LogP contribution in [0, 0.1) is 12.8 Å². The Morgan fingerprint density at radius 2 is 1.70 bits per heavy atom. The van der Waals surface area contributed by atoms with Gasteiger partial charge in [0.2, 0.25) is 0 Å². The number of hydrogen-bond donors (Lipinski definition) is 1. The maximum atomic E-state index is 12.1. The van der Waals surface area contributed by atoms with Gasteiger partial charge in [-0.1, -0.05) is 68.4 Å². The van der Waals surface area contributed by atoms with E-state index in [2.05, 4.69) is 38.2 Å². The standard InChI is InChI=1S/C20H25NO2/c1-15(2)19(13-18-12-8-7-9-16(18)3)23-20(22)21-14-17-10-5-4-6-11-17/h4-12,15,19H,13-14H2,1-3H3,(H,21,22). The Hall–Kier alpha value is -2.29. The van der Waals surface area contributed by atoms with Crippen LogP contribution in [0.3, 0.4) is 0 Å². The lowest BCUT2D eigenvalue weighted by Gasteiger charge is -2.22. The van der Waals surface area contributed by atoms with Crippen LogP contribution in [0.25, 0.3) is 0 Å². The number of hydrogen-bond acceptors (Lipinski definition) is 2. The summed E-state index contributed by atoms with van der Waals surface area (Å²) in [6, 6.07) is 18.1. The predicted molar refractivity (Wildman–Crippen MR) is 93.3 cm³/mol. The molecule has 2 aromatic rings. The molecule has 0 radical (unpaired) electrons. The molecule has 23 heavy (non-hydrogen) atoms. The molecule has 0 saturated carbocycles. The fourth-order valence-corrected chi connectivity index (χ4v) is 2.42. The normalized spacial score (nSPS) is 12.0. The first-order chi connectivity index (χ1) is 11.1. The van der Waals surface area contributed by atoms with Crippen LogP contribution in [0.1, 0.15) is 30.5 Å². The van der Waals surface area contributed by atoms with Gasteiger partial charge in [0, 0.05) is 13.0 Å². The lowest BCUT2D eigenvalue weighted by molar-refractivity contribution is 0.0708. The summed E-state index contributed by atoms with van der Waals surface area (Å²) < 4.78 is 5.64. The Bertz CT molecular complexity index is 623. The third-order valence-corrected chi connectivity index (χ3v) is 3.96. The summed E-state index contributed by atoms with van der Waals surface area (Å²) in [5.74, 6) is 0.261. The molecule has 0 aliphatic heterocycles. The minimum atomic E-state index is -0.360. The Morgan fingerprint density at radius 1 is 1.04 bits per heavy atom. The summed E-state index contributed by atoms with van der Waals surface area (Å²) in [6.07, 6.45) is 0.247. The molecule has 122 valence electrons. The van der Waals surface area contributed by atoms with E-state index in [1.165, 1.54) is 11.1 Å². The number of aryl methyl sites for hydroxylation is 1. The highest BCUT2D eigenvalue weighted by Crippen LogP contribution is 2.17. The van der Waals surface area contributed by atoms with Crippen molar-refractivity contribution in [2.45, 2.75) is 39.8 Å². The summed E-state index contributed by atoms with van der Waals surface area (Å²) >= 11 is 0. The number of carbonyl (C=O) groups excluding carboxylic acids is 1. The van der Waals surface area contributed by atoms with Crippen molar-refractivity contribution in [1.82, 2.24) is 5.32 Å². The van der Waals surface area contributed by atoms with Crippen LogP contribution in [0.5, 0.6) is 0 Å². The molecular formula is C20H25NO2. The van der Waals surface area contributed by atoms with Crippen molar-refractivity contribution < 1.29 is 9.53 Å². The Morgan fingerprint density at radius 3 is 2.35 bits per heavy atom. The molecule has 1 N–H and O–H groups in total. The van der Waals surface area contributed by atoms with Crippen LogP contribution >= 0.6 is 0 Å². The molecule has 1 atom stereocenters. The highest BCUT2D eigenvalue weighted by atomic mass is 16.6. The molecule has 3 nitrogen and oxygen atoms in total. The minimum Gasteiger partial charge on any atom is -0.446 e. The number of carbonyl (C=O) groups is 1. The van der Waals surface area contributed by atoms with Gasteiger partial charge in [-0.15, -0.1) is 0 Å². The SMILES string of the molecule is Cc1ccccc1CC(OC(=O)NCc1ccccc1)C(C)C. The van der Waals surface area contributed by atoms with Gasteiger partial charge in [-0.2, -0.15) is 0 Å². The zero-order chi connectivity index (χ0) is 16.7. The van der Waals surface area contributed by atoms with Gasteiger partial charge in [-0.05, 0) is 29.5 Å². The van der Waals surface area contributed by atoms with Gasteiger partial charge in [-0.25, -0.2) is 4.79 Å². The molecular weight excluding hydrogens is 286 g/mol. The number of benzene rings is 2. The molecule has 0 spiro atoms. The smallest absolute Gasteiger partial charge is 0.407 e. The van der Waals surface area contributed by atoms with E-state index >= 15 is 0 Å². The van der Waals surface area contributed by atoms with E-state index in [4.69, 9.17) is 4.74 Å². The second-order valence-corrected chi connectivity index (χ2v) is 6.16. The molecule has 0 saturated heterocycles. The van der Waals surface area contributed by atoms with Crippen LogP contribution in [0.4, 0.5) is 4.79 Å². The summed E-state index contributed by atoms with van der Waals surface area (Å²) in [6.45, 7) is 6.72. The fraction of sp³-hybridized carbons (Fsp3) is 0.350. The molecule has 0 aliphatic carbocycles. The fourth-order valence-electron chi connectivity index (χ4n) is 2.42. The van der Waals surface area contributed by atoms with Crippen LogP contribution in [-0.4, -0.2) is 12.2 Å². The quantitative estimate of drug-likeness (QED) is 0.853. The van der Waals surface area contributed by atoms with E-state index in [0.29, 0.717) is 6.54 Å². The first kappa shape index (κ1) is 17.1. The Labute approximate surface area is 138 Å². The molecule has 0 heterocycles. The van der Waals surface area contributed by atoms with Crippen molar-refractivity contribution in [3.63, 3.8) is 0 Å². The van der Waals surface area contributed by atoms with Crippen LogP contribution in [-0.2, 0) is 17.7 Å². The first-order valence-corrected chi connectivity index (χ1v) is 8.09. The largest absolute Gasteiger partial charge is 0.446 e. The van der Waals surface area contributed by atoms with Crippen molar-refractivity contribution in [3.8, 4) is 0 Å². The summed E-state index contributed by atoms with van der Waals surface area (Å²) in [4.78, 5) is 12.1. The van der Waals surface area contributed by atoms with Crippen molar-refractivity contribution >= 4 is 6.09 Å². The molecule has 1 amide bonds. The molecule has 2 aromatic carbocycles. The molecule has 0 aromatic heterocycles. The van der Waals surface area contributed by atoms with Gasteiger partial charge >= 0.3 is 6.09 Å². The van der Waals surface area contributed by atoms with Crippen molar-refractivity contribution in [3.05, 3.63) is 71.3 Å². The zero-order valence-corrected chi connectivity index (χ0v) is 14.1. The Balaban J connectivity index is 1.91. The van der Waals surface area contributed by atoms with E-state index in [1.54, 1.807) is 0 Å². The maximum absolute atomic E-state index is 12.1. The van der Waals surface area contributed by atoms with Crippen molar-refractivity contribution in [2.24, 2.45) is 5.92 Å². The van der Waals surface area contributed by atoms with Gasteiger partial charge in [0.25, 0.3) is 0 Å². The molecule has 0 fully saturated rings. The van der Waals surface area contributed by atoms with Gasteiger partial charge in [0.1, 0.15) is 6.10 Å². The highest BCUT2D eigenvalue weighted by Gasteiger charge is 2.19. The topological polar surface area (TPSA) is 38.3 Å². The van der Waals surface area contributed by atoms with E-state index in [9.17, 15) is 4.79 Å². The molecule has 1 unspecified atom stereocenters. The van der Waals surface area contributed by atoms with Gasteiger partial charge in [0.15, 0.2) is 0 Å². The Kier molecular flexibility index (Phi) is 6.21. The summed E-state index contributed by atoms with van der Waals surface area (Å²) in [7, 11) is 0. The van der Waals surface area contributed by atoms with Crippen LogP contribution in [0.2, 0.25) is 0 Å². The second kappa shape index (κ2) is 8.37. The third-order valence-electron chi connectivity index (χ3n) is 3.96. The lowest BCUT2D eigenvalue weighted by atomic mass is 9.96. The summed E-state index contributed by atoms with van der Waals surface area (Å²) in [5, 5.41) is 2.82. The maximum Gasteiger partial charge on any atom is 0.407 e. The number of amides is 1. The van der Waals surface area contributed by atoms with Gasteiger partial charge in [0.05, 0.1) is 0 Å². The molecule has 0 bridgehead atoms. The number of ether oxygens (including phenoxy) is 1. The van der Waals surface area contributed by atoms with Crippen LogP contribution in [0.15, 0.2) is 54.6 Å². The zero-order valence-electron chi connectivity index (χ0n) is 14.1. The van der Waals surface area contributed by atoms with Crippen LogP contribution < -0.4 is 5.32 Å². The average Bonchev–Trinajstić information content (AvgIpc) is 2.55. The monoisotopic (exact) mass is 311 g/mol. The molecule has 3 heteroatoms. The van der Waals surface area contributed by atoms with E-state index in [-0.39, 0.29) is 18.1 Å². The molecule has 2 rings (SSSR count). The van der Waals surface area contributed by atoms with Crippen molar-refractivity contribution in [2.75, 3.05) is 0 Å². The molecule has 0 aliphatic rings. The summed E-state index contributed by atoms with van der Waals surface area (Å²) in [5.41, 5.74) is 3.51. The number of nitrogens with one attached hydrogen (secondary N) is 1. The second-order valence-electron chi connectivity index (χ2n) is 6.16. The average molecular weight is 311 g/mol. The number of alkyl carbamates (subject to hydrolysis) is 1. The van der Waals surface area contributed by atoms with Crippen molar-refractivity contribution in [1.29, 1.82) is 0 Å². The lowest BCUT2D eigenvalue weighted by Crippen LogP contribution is -2.32. The van der Waals surface area contributed by atoms with E-state index < -0.39 is 0 Å². The minimum absolute atomic E-state index is 0.133. The van der Waals surface area contributed by atoms with Gasteiger partial charge < -0.3 is 10.1 Å². The highest BCUT2D eigenvalue weighted by molar-refractivity contribution is 5.67. The third kappa shape index (κ3) is 5.44. The van der Waals surface area contributed by atoms with E-state index in [1.807, 2.05) is 42.5 Å². The van der Waals surface area contributed by atoms with Gasteiger partial charge in [-0.3, -0.25) is 0 Å². The first-order valence-electron chi connectivity index (χ1n) is 8.09.